The lowest BCUT2D eigenvalue weighted by Crippen LogP contribution is -2.28. The third kappa shape index (κ3) is 3.35. The van der Waals surface area contributed by atoms with E-state index in [1.165, 1.54) is 50.6 Å². The fraction of sp³-hybridized carbons (Fsp3) is 0.778. The summed E-state index contributed by atoms with van der Waals surface area (Å²) in [5.74, 6) is 4.14. The van der Waals surface area contributed by atoms with Crippen LogP contribution < -0.4 is 5.32 Å². The van der Waals surface area contributed by atoms with Crippen LogP contribution in [0.25, 0.3) is 0 Å². The molecule has 3 fully saturated rings. The highest BCUT2D eigenvalue weighted by Gasteiger charge is 2.39. The molecule has 1 N–H and O–H groups in total. The third-order valence-corrected chi connectivity index (χ3v) is 5.74. The second-order valence-corrected chi connectivity index (χ2v) is 7.71. The van der Waals surface area contributed by atoms with Gasteiger partial charge in [0, 0.05) is 24.7 Å². The summed E-state index contributed by atoms with van der Waals surface area (Å²) in [5.41, 5.74) is 1.30. The predicted octanol–water partition coefficient (Wildman–Crippen LogP) is 3.40. The van der Waals surface area contributed by atoms with Crippen LogP contribution >= 0.6 is 0 Å². The van der Waals surface area contributed by atoms with Crippen molar-refractivity contribution in [3.8, 4) is 0 Å². The molecule has 0 amide bonds. The molecule has 0 saturated heterocycles. The Morgan fingerprint density at radius 2 is 2.14 bits per heavy atom. The topological polar surface area (TPSA) is 28.4 Å². The molecule has 116 valence electrons. The number of nitrogens with zero attached hydrogens (tertiary/aromatic N) is 1. The summed E-state index contributed by atoms with van der Waals surface area (Å²) in [7, 11) is 2.25. The number of rotatable bonds is 7. The Labute approximate surface area is 128 Å². The SMILES string of the molecule is CN(Cc1cc(CNC2CC2)co1)CC1CC2CCC1C2. The molecule has 3 heteroatoms. The van der Waals surface area contributed by atoms with Gasteiger partial charge in [-0.15, -0.1) is 0 Å². The smallest absolute Gasteiger partial charge is 0.118 e. The van der Waals surface area contributed by atoms with Crippen molar-refractivity contribution in [2.24, 2.45) is 17.8 Å². The van der Waals surface area contributed by atoms with Crippen molar-refractivity contribution in [1.29, 1.82) is 0 Å². The molecule has 4 rings (SSSR count). The average molecular weight is 288 g/mol. The van der Waals surface area contributed by atoms with Crippen molar-refractivity contribution in [3.05, 3.63) is 23.7 Å². The summed E-state index contributed by atoms with van der Waals surface area (Å²) in [6, 6.07) is 3.00. The van der Waals surface area contributed by atoms with Crippen molar-refractivity contribution >= 4 is 0 Å². The molecule has 21 heavy (non-hydrogen) atoms. The van der Waals surface area contributed by atoms with Gasteiger partial charge >= 0.3 is 0 Å². The van der Waals surface area contributed by atoms with Crippen LogP contribution in [0, 0.1) is 17.8 Å². The van der Waals surface area contributed by atoms with E-state index in [4.69, 9.17) is 4.42 Å². The van der Waals surface area contributed by atoms with Crippen LogP contribution in [0.5, 0.6) is 0 Å². The molecular formula is C18H28N2O. The lowest BCUT2D eigenvalue weighted by Gasteiger charge is -2.26. The number of hydrogen-bond donors (Lipinski definition) is 1. The minimum absolute atomic E-state index is 0.767. The van der Waals surface area contributed by atoms with Gasteiger partial charge in [-0.1, -0.05) is 6.42 Å². The van der Waals surface area contributed by atoms with Crippen LogP contribution in [0.2, 0.25) is 0 Å². The molecule has 1 heterocycles. The summed E-state index contributed by atoms with van der Waals surface area (Å²) in [6.45, 7) is 3.17. The number of hydrogen-bond acceptors (Lipinski definition) is 3. The number of nitrogens with one attached hydrogen (secondary N) is 1. The first kappa shape index (κ1) is 13.8. The molecule has 3 aliphatic rings. The second kappa shape index (κ2) is 5.77. The second-order valence-electron chi connectivity index (χ2n) is 7.71. The zero-order valence-corrected chi connectivity index (χ0v) is 13.2. The summed E-state index contributed by atoms with van der Waals surface area (Å²) in [4.78, 5) is 2.46. The van der Waals surface area contributed by atoms with E-state index >= 15 is 0 Å². The van der Waals surface area contributed by atoms with Gasteiger partial charge in [0.2, 0.25) is 0 Å². The molecule has 0 radical (unpaired) electrons. The average Bonchev–Trinajstić information content (AvgIpc) is 2.86. The number of furan rings is 1. The molecular weight excluding hydrogens is 260 g/mol. The Kier molecular flexibility index (Phi) is 3.80. The molecule has 1 aromatic heterocycles. The van der Waals surface area contributed by atoms with Crippen molar-refractivity contribution in [3.63, 3.8) is 0 Å². The van der Waals surface area contributed by atoms with E-state index < -0.39 is 0 Å². The first-order chi connectivity index (χ1) is 10.3. The van der Waals surface area contributed by atoms with Crippen molar-refractivity contribution in [2.45, 2.75) is 57.7 Å². The zero-order valence-electron chi connectivity index (χ0n) is 13.2. The van der Waals surface area contributed by atoms with E-state index in [0.717, 1.165) is 42.6 Å². The van der Waals surface area contributed by atoms with Crippen molar-refractivity contribution in [2.75, 3.05) is 13.6 Å². The van der Waals surface area contributed by atoms with Gasteiger partial charge in [-0.3, -0.25) is 4.90 Å². The van der Waals surface area contributed by atoms with E-state index in [1.807, 2.05) is 6.26 Å². The van der Waals surface area contributed by atoms with Gasteiger partial charge in [-0.25, -0.2) is 0 Å². The van der Waals surface area contributed by atoms with Crippen LogP contribution in [0.4, 0.5) is 0 Å². The lowest BCUT2D eigenvalue weighted by atomic mass is 9.88. The van der Waals surface area contributed by atoms with Gasteiger partial charge < -0.3 is 9.73 Å². The molecule has 3 saturated carbocycles. The van der Waals surface area contributed by atoms with Crippen LogP contribution in [-0.4, -0.2) is 24.5 Å². The Bertz CT molecular complexity index is 479. The molecule has 3 nitrogen and oxygen atoms in total. The maximum atomic E-state index is 5.73. The lowest BCUT2D eigenvalue weighted by molar-refractivity contribution is 0.204. The minimum atomic E-state index is 0.767. The molecule has 3 atom stereocenters. The van der Waals surface area contributed by atoms with E-state index in [0.29, 0.717) is 0 Å². The monoisotopic (exact) mass is 288 g/mol. The summed E-state index contributed by atoms with van der Waals surface area (Å²) >= 11 is 0. The molecule has 3 unspecified atom stereocenters. The fourth-order valence-corrected chi connectivity index (χ4v) is 4.48. The van der Waals surface area contributed by atoms with Crippen LogP contribution in [0.1, 0.15) is 49.8 Å². The highest BCUT2D eigenvalue weighted by atomic mass is 16.3. The first-order valence-electron chi connectivity index (χ1n) is 8.74. The van der Waals surface area contributed by atoms with Gasteiger partial charge in [0.25, 0.3) is 0 Å². The van der Waals surface area contributed by atoms with Crippen LogP contribution in [0.15, 0.2) is 16.7 Å². The fourth-order valence-electron chi connectivity index (χ4n) is 4.48. The van der Waals surface area contributed by atoms with E-state index in [1.54, 1.807) is 0 Å². The highest BCUT2D eigenvalue weighted by Crippen LogP contribution is 2.48. The van der Waals surface area contributed by atoms with Crippen molar-refractivity contribution in [1.82, 2.24) is 10.2 Å². The molecule has 0 aliphatic heterocycles. The number of fused-ring (bicyclic) bond motifs is 2. The largest absolute Gasteiger partial charge is 0.468 e. The first-order valence-corrected chi connectivity index (χ1v) is 8.74. The van der Waals surface area contributed by atoms with Gasteiger partial charge in [0.1, 0.15) is 5.76 Å². The molecule has 2 bridgehead atoms. The Morgan fingerprint density at radius 3 is 2.86 bits per heavy atom. The van der Waals surface area contributed by atoms with Crippen molar-refractivity contribution < 1.29 is 4.42 Å². The quantitative estimate of drug-likeness (QED) is 0.833. The van der Waals surface area contributed by atoms with Gasteiger partial charge in [-0.2, -0.15) is 0 Å². The van der Waals surface area contributed by atoms with Gasteiger partial charge in [0.05, 0.1) is 12.8 Å². The van der Waals surface area contributed by atoms with Gasteiger partial charge in [0.15, 0.2) is 0 Å². The predicted molar refractivity (Wildman–Crippen MR) is 83.8 cm³/mol. The Hall–Kier alpha value is -0.800. The minimum Gasteiger partial charge on any atom is -0.468 e. The third-order valence-electron chi connectivity index (χ3n) is 5.74. The van der Waals surface area contributed by atoms with E-state index in [9.17, 15) is 0 Å². The Balaban J connectivity index is 1.25. The summed E-state index contributed by atoms with van der Waals surface area (Å²) < 4.78 is 5.73. The highest BCUT2D eigenvalue weighted by molar-refractivity contribution is 5.13. The van der Waals surface area contributed by atoms with E-state index in [2.05, 4.69) is 23.3 Å². The Morgan fingerprint density at radius 1 is 1.24 bits per heavy atom. The standard InChI is InChI=1S/C18H28N2O/c1-20(10-16-7-13-2-3-15(16)6-13)11-18-8-14(12-21-18)9-19-17-4-5-17/h8,12-13,15-17,19H,2-7,9-11H2,1H3. The van der Waals surface area contributed by atoms with Crippen LogP contribution in [0.3, 0.4) is 0 Å². The van der Waals surface area contributed by atoms with Gasteiger partial charge in [-0.05, 0) is 63.0 Å². The van der Waals surface area contributed by atoms with E-state index in [-0.39, 0.29) is 0 Å². The normalized spacial score (nSPS) is 31.4. The summed E-state index contributed by atoms with van der Waals surface area (Å²) in [5, 5.41) is 3.54. The molecule has 0 aromatic carbocycles. The zero-order chi connectivity index (χ0) is 14.2. The molecule has 3 aliphatic carbocycles. The van der Waals surface area contributed by atoms with Crippen LogP contribution in [-0.2, 0) is 13.1 Å². The molecule has 1 aromatic rings. The summed E-state index contributed by atoms with van der Waals surface area (Å²) in [6.07, 6.45) is 10.6. The molecule has 0 spiro atoms. The maximum absolute atomic E-state index is 5.73. The maximum Gasteiger partial charge on any atom is 0.118 e.